The number of hydrogen-bond acceptors (Lipinski definition) is 8. The van der Waals surface area contributed by atoms with Gasteiger partial charge in [-0.05, 0) is 80.1 Å². The van der Waals surface area contributed by atoms with E-state index >= 15 is 0 Å². The summed E-state index contributed by atoms with van der Waals surface area (Å²) in [6, 6.07) is 11.6. The average molecular weight is 519 g/mol. The summed E-state index contributed by atoms with van der Waals surface area (Å²) in [6.45, 7) is 14.5. The number of hydrogen-bond donors (Lipinski definition) is 1. The Balaban J connectivity index is 2.47. The number of pyridine rings is 1. The number of esters is 1. The van der Waals surface area contributed by atoms with E-state index in [9.17, 15) is 9.59 Å². The first-order valence-electron chi connectivity index (χ1n) is 11.8. The Labute approximate surface area is 214 Å². The lowest BCUT2D eigenvalue weighted by Gasteiger charge is -2.41. The predicted molar refractivity (Wildman–Crippen MR) is 143 cm³/mol. The second-order valence-electron chi connectivity index (χ2n) is 9.80. The van der Waals surface area contributed by atoms with Gasteiger partial charge in [0.15, 0.2) is 8.32 Å². The monoisotopic (exact) mass is 518 g/mol. The van der Waals surface area contributed by atoms with E-state index in [0.717, 1.165) is 11.8 Å². The molecule has 2 rings (SSSR count). The Kier molecular flexibility index (Phi) is 10.4. The van der Waals surface area contributed by atoms with Crippen LogP contribution in [-0.4, -0.2) is 50.2 Å². The van der Waals surface area contributed by atoms with E-state index in [2.05, 4.69) is 44.2 Å². The van der Waals surface area contributed by atoms with Gasteiger partial charge in [0.1, 0.15) is 16.8 Å². The molecule has 0 amide bonds. The summed E-state index contributed by atoms with van der Waals surface area (Å²) in [4.78, 5) is 31.2. The predicted octanol–water partition coefficient (Wildman–Crippen LogP) is 5.78. The molecule has 7 nitrogen and oxygen atoms in total. The van der Waals surface area contributed by atoms with Crippen molar-refractivity contribution in [1.29, 1.82) is 0 Å². The van der Waals surface area contributed by atoms with Crippen molar-refractivity contribution >= 4 is 36.9 Å². The lowest BCUT2D eigenvalue weighted by atomic mass is 9.95. The van der Waals surface area contributed by atoms with Crippen LogP contribution >= 0.6 is 11.8 Å². The Morgan fingerprint density at radius 1 is 1.11 bits per heavy atom. The van der Waals surface area contributed by atoms with Gasteiger partial charge < -0.3 is 19.2 Å². The zero-order valence-corrected chi connectivity index (χ0v) is 23.8. The van der Waals surface area contributed by atoms with Crippen LogP contribution in [0.15, 0.2) is 53.7 Å². The average Bonchev–Trinajstić information content (AvgIpc) is 2.78. The van der Waals surface area contributed by atoms with E-state index < -0.39 is 32.4 Å². The Morgan fingerprint density at radius 3 is 2.29 bits per heavy atom. The van der Waals surface area contributed by atoms with Crippen LogP contribution in [0.5, 0.6) is 5.75 Å². The van der Waals surface area contributed by atoms with Gasteiger partial charge in [0.2, 0.25) is 5.12 Å². The highest BCUT2D eigenvalue weighted by molar-refractivity contribution is 8.13. The molecule has 0 fully saturated rings. The first-order valence-corrected chi connectivity index (χ1v) is 15.5. The van der Waals surface area contributed by atoms with Gasteiger partial charge in [-0.3, -0.25) is 4.79 Å². The SMILES string of the molecule is CCOC(=O)C(Nc1ccc(OC)cc1)C(C(=O)Sc1ccccn1)[C@@H](C)O[Si](C)(C)C(C)(C)C. The van der Waals surface area contributed by atoms with E-state index in [-0.39, 0.29) is 16.8 Å². The van der Waals surface area contributed by atoms with Crippen molar-refractivity contribution in [2.45, 2.75) is 69.9 Å². The first kappa shape index (κ1) is 28.9. The van der Waals surface area contributed by atoms with Crippen molar-refractivity contribution in [3.05, 3.63) is 48.7 Å². The molecule has 0 bridgehead atoms. The fourth-order valence-electron chi connectivity index (χ4n) is 3.29. The van der Waals surface area contributed by atoms with Crippen molar-refractivity contribution in [3.8, 4) is 5.75 Å². The number of ether oxygens (including phenoxy) is 2. The second kappa shape index (κ2) is 12.6. The van der Waals surface area contributed by atoms with Crippen LogP contribution in [0.25, 0.3) is 0 Å². The summed E-state index contributed by atoms with van der Waals surface area (Å²) in [5.41, 5.74) is 0.670. The molecule has 0 aliphatic carbocycles. The number of nitrogens with one attached hydrogen (secondary N) is 1. The third-order valence-electron chi connectivity index (χ3n) is 6.22. The lowest BCUT2D eigenvalue weighted by molar-refractivity contribution is -0.147. The quantitative estimate of drug-likeness (QED) is 0.228. The minimum absolute atomic E-state index is 0.0637. The molecule has 1 aromatic heterocycles. The van der Waals surface area contributed by atoms with Crippen LogP contribution in [0.2, 0.25) is 18.1 Å². The third kappa shape index (κ3) is 8.08. The van der Waals surface area contributed by atoms with Crippen molar-refractivity contribution in [2.24, 2.45) is 5.92 Å². The van der Waals surface area contributed by atoms with Crippen LogP contribution in [0.1, 0.15) is 34.6 Å². The van der Waals surface area contributed by atoms with Crippen molar-refractivity contribution < 1.29 is 23.5 Å². The number of benzene rings is 1. The molecule has 0 saturated heterocycles. The molecule has 0 saturated carbocycles. The van der Waals surface area contributed by atoms with E-state index in [4.69, 9.17) is 13.9 Å². The maximum absolute atomic E-state index is 13.7. The van der Waals surface area contributed by atoms with Crippen LogP contribution in [0.3, 0.4) is 0 Å². The number of rotatable bonds is 11. The number of nitrogens with zero attached hydrogens (tertiary/aromatic N) is 1. The van der Waals surface area contributed by atoms with Gasteiger partial charge in [-0.15, -0.1) is 0 Å². The smallest absolute Gasteiger partial charge is 0.329 e. The number of methoxy groups -OCH3 is 1. The summed E-state index contributed by atoms with van der Waals surface area (Å²) in [7, 11) is -0.655. The van der Waals surface area contributed by atoms with Gasteiger partial charge in [-0.25, -0.2) is 9.78 Å². The molecule has 35 heavy (non-hydrogen) atoms. The number of thioether (sulfide) groups is 1. The Morgan fingerprint density at radius 2 is 1.77 bits per heavy atom. The van der Waals surface area contributed by atoms with E-state index in [1.807, 2.05) is 13.0 Å². The van der Waals surface area contributed by atoms with Crippen LogP contribution in [-0.2, 0) is 18.8 Å². The van der Waals surface area contributed by atoms with Crippen molar-refractivity contribution in [3.63, 3.8) is 0 Å². The zero-order chi connectivity index (χ0) is 26.2. The van der Waals surface area contributed by atoms with Crippen LogP contribution in [0.4, 0.5) is 5.69 Å². The van der Waals surface area contributed by atoms with Gasteiger partial charge in [0.05, 0.1) is 25.7 Å². The van der Waals surface area contributed by atoms with E-state index in [1.165, 1.54) is 0 Å². The standard InChI is InChI=1S/C26H38N2O5SSi/c1-9-32-24(29)23(28-19-13-15-20(31-6)16-14-19)22(18(2)33-35(7,8)26(3,4)5)25(30)34-21-12-10-11-17-27-21/h10-18,22-23,28H,9H2,1-8H3/t18-,22?,23?/m1/s1. The van der Waals surface area contributed by atoms with Gasteiger partial charge in [0, 0.05) is 11.9 Å². The molecule has 9 heteroatoms. The van der Waals surface area contributed by atoms with Gasteiger partial charge in [-0.2, -0.15) is 0 Å². The summed E-state index contributed by atoms with van der Waals surface area (Å²) in [6.07, 6.45) is 1.10. The summed E-state index contributed by atoms with van der Waals surface area (Å²) in [5, 5.41) is 3.52. The number of carbonyl (C=O) groups is 2. The molecule has 0 aliphatic heterocycles. The molecule has 192 valence electrons. The molecule has 0 radical (unpaired) electrons. The molecule has 2 unspecified atom stereocenters. The molecular weight excluding hydrogens is 480 g/mol. The molecule has 3 atom stereocenters. The Hall–Kier alpha value is -2.36. The number of anilines is 1. The highest BCUT2D eigenvalue weighted by Gasteiger charge is 2.45. The molecule has 1 N–H and O–H groups in total. The molecule has 0 aliphatic rings. The maximum atomic E-state index is 13.7. The number of aromatic nitrogens is 1. The second-order valence-corrected chi connectivity index (χ2v) is 15.6. The molecule has 0 spiro atoms. The van der Waals surface area contributed by atoms with Gasteiger partial charge in [-0.1, -0.05) is 26.8 Å². The highest BCUT2D eigenvalue weighted by atomic mass is 32.2. The molecule has 1 heterocycles. The van der Waals surface area contributed by atoms with Crippen molar-refractivity contribution in [1.82, 2.24) is 4.98 Å². The summed E-state index contributed by atoms with van der Waals surface area (Å²) in [5.74, 6) is -0.637. The Bertz CT molecular complexity index is 964. The van der Waals surface area contributed by atoms with E-state index in [0.29, 0.717) is 16.5 Å². The van der Waals surface area contributed by atoms with Gasteiger partial charge >= 0.3 is 5.97 Å². The van der Waals surface area contributed by atoms with Gasteiger partial charge in [0.25, 0.3) is 0 Å². The lowest BCUT2D eigenvalue weighted by Crippen LogP contribution is -2.51. The van der Waals surface area contributed by atoms with Crippen LogP contribution in [0, 0.1) is 5.92 Å². The number of carbonyl (C=O) groups excluding carboxylic acids is 2. The maximum Gasteiger partial charge on any atom is 0.329 e. The third-order valence-corrected chi connectivity index (χ3v) is 11.7. The van der Waals surface area contributed by atoms with Crippen molar-refractivity contribution in [2.75, 3.05) is 19.0 Å². The first-order chi connectivity index (χ1) is 16.4. The molecular formula is C26H38N2O5SSi. The topological polar surface area (TPSA) is 86.8 Å². The fraction of sp³-hybridized carbons (Fsp3) is 0.500. The largest absolute Gasteiger partial charge is 0.497 e. The van der Waals surface area contributed by atoms with E-state index in [1.54, 1.807) is 56.6 Å². The zero-order valence-electron chi connectivity index (χ0n) is 22.0. The normalized spacial score (nSPS) is 14.5. The molecule has 2 aromatic rings. The minimum atomic E-state index is -2.25. The molecule has 1 aromatic carbocycles. The summed E-state index contributed by atoms with van der Waals surface area (Å²) < 4.78 is 17.3. The summed E-state index contributed by atoms with van der Waals surface area (Å²) >= 11 is 1.01. The minimum Gasteiger partial charge on any atom is -0.497 e. The highest BCUT2D eigenvalue weighted by Crippen LogP contribution is 2.39. The van der Waals surface area contributed by atoms with Crippen LogP contribution < -0.4 is 10.1 Å². The fourth-order valence-corrected chi connectivity index (χ4v) is 5.65.